The van der Waals surface area contributed by atoms with Crippen molar-refractivity contribution in [3.05, 3.63) is 0 Å². The third kappa shape index (κ3) is 3.62. The molecule has 1 saturated carbocycles. The van der Waals surface area contributed by atoms with Crippen molar-refractivity contribution in [1.82, 2.24) is 9.80 Å². The molecule has 2 N–H and O–H groups in total. The molecule has 2 fully saturated rings. The van der Waals surface area contributed by atoms with Crippen LogP contribution in [-0.2, 0) is 0 Å². The zero-order valence-corrected chi connectivity index (χ0v) is 14.8. The van der Waals surface area contributed by atoms with Gasteiger partial charge < -0.3 is 5.73 Å². The van der Waals surface area contributed by atoms with E-state index >= 15 is 0 Å². The summed E-state index contributed by atoms with van der Waals surface area (Å²) in [5.41, 5.74) is 6.61. The third-order valence-corrected chi connectivity index (χ3v) is 6.34. The summed E-state index contributed by atoms with van der Waals surface area (Å²) in [4.78, 5) is 5.40. The van der Waals surface area contributed by atoms with Crippen molar-refractivity contribution >= 4 is 0 Å². The van der Waals surface area contributed by atoms with E-state index in [0.29, 0.717) is 5.54 Å². The van der Waals surface area contributed by atoms with Gasteiger partial charge in [-0.25, -0.2) is 0 Å². The quantitative estimate of drug-likeness (QED) is 0.818. The fourth-order valence-electron chi connectivity index (χ4n) is 4.77. The third-order valence-electron chi connectivity index (χ3n) is 6.34. The molecule has 3 nitrogen and oxygen atoms in total. The minimum atomic E-state index is 0.301. The van der Waals surface area contributed by atoms with Crippen molar-refractivity contribution in [3.63, 3.8) is 0 Å². The average molecular weight is 296 g/mol. The van der Waals surface area contributed by atoms with Crippen molar-refractivity contribution < 1.29 is 0 Å². The first-order chi connectivity index (χ1) is 10.1. The number of hydrogen-bond acceptors (Lipinski definition) is 3. The van der Waals surface area contributed by atoms with Crippen LogP contribution < -0.4 is 5.73 Å². The lowest BCUT2D eigenvalue weighted by Gasteiger charge is -2.48. The summed E-state index contributed by atoms with van der Waals surface area (Å²) < 4.78 is 0. The Morgan fingerprint density at radius 3 is 2.52 bits per heavy atom. The zero-order chi connectivity index (χ0) is 15.5. The van der Waals surface area contributed by atoms with Crippen LogP contribution in [0.15, 0.2) is 0 Å². The molecule has 2 rings (SSSR count). The molecule has 124 valence electrons. The average Bonchev–Trinajstić information content (AvgIpc) is 2.99. The standard InChI is InChI=1S/C18H37N3/c1-5-20(6-2)17-9-11-21(13-17)18(14-19)10-7-8-16(12-18)15(3)4/h15-17H,5-14,19H2,1-4H3. The number of likely N-dealkylation sites (tertiary alicyclic amines) is 1. The Bertz CT molecular complexity index is 314. The lowest BCUT2D eigenvalue weighted by Crippen LogP contribution is -2.56. The van der Waals surface area contributed by atoms with Gasteiger partial charge in [0.1, 0.15) is 0 Å². The first-order valence-corrected chi connectivity index (χ1v) is 9.25. The van der Waals surface area contributed by atoms with E-state index in [-0.39, 0.29) is 0 Å². The highest BCUT2D eigenvalue weighted by Crippen LogP contribution is 2.41. The van der Waals surface area contributed by atoms with Gasteiger partial charge in [0.05, 0.1) is 0 Å². The molecular weight excluding hydrogens is 258 g/mol. The summed E-state index contributed by atoms with van der Waals surface area (Å²) in [6.45, 7) is 15.1. The van der Waals surface area contributed by atoms with Crippen LogP contribution in [0.25, 0.3) is 0 Å². The number of nitrogens with zero attached hydrogens (tertiary/aromatic N) is 2. The van der Waals surface area contributed by atoms with Gasteiger partial charge in [-0.3, -0.25) is 9.80 Å². The van der Waals surface area contributed by atoms with Gasteiger partial charge >= 0.3 is 0 Å². The smallest absolute Gasteiger partial charge is 0.0335 e. The summed E-state index contributed by atoms with van der Waals surface area (Å²) >= 11 is 0. The maximum Gasteiger partial charge on any atom is 0.0335 e. The van der Waals surface area contributed by atoms with E-state index < -0.39 is 0 Å². The molecule has 0 aromatic rings. The van der Waals surface area contributed by atoms with E-state index in [2.05, 4.69) is 37.5 Å². The minimum Gasteiger partial charge on any atom is -0.329 e. The topological polar surface area (TPSA) is 32.5 Å². The van der Waals surface area contributed by atoms with Gasteiger partial charge in [-0.15, -0.1) is 0 Å². The number of likely N-dealkylation sites (N-methyl/N-ethyl adjacent to an activating group) is 1. The van der Waals surface area contributed by atoms with Gasteiger partial charge in [-0.05, 0) is 44.2 Å². The van der Waals surface area contributed by atoms with Crippen LogP contribution in [0.3, 0.4) is 0 Å². The van der Waals surface area contributed by atoms with Gasteiger partial charge in [0, 0.05) is 31.2 Å². The van der Waals surface area contributed by atoms with Gasteiger partial charge in [0.2, 0.25) is 0 Å². The fourth-order valence-corrected chi connectivity index (χ4v) is 4.77. The van der Waals surface area contributed by atoms with Crippen molar-refractivity contribution in [2.45, 2.75) is 71.4 Å². The highest BCUT2D eigenvalue weighted by atomic mass is 15.3. The summed E-state index contributed by atoms with van der Waals surface area (Å²) in [6, 6.07) is 0.753. The van der Waals surface area contributed by atoms with Crippen LogP contribution >= 0.6 is 0 Å². The van der Waals surface area contributed by atoms with Gasteiger partial charge in [-0.1, -0.05) is 40.5 Å². The SMILES string of the molecule is CCN(CC)C1CCN(C2(CN)CCCC(C(C)C)C2)C1. The Balaban J connectivity index is 2.04. The number of hydrogen-bond donors (Lipinski definition) is 1. The second kappa shape index (κ2) is 7.43. The molecule has 0 aromatic carbocycles. The molecular formula is C18H37N3. The van der Waals surface area contributed by atoms with Crippen molar-refractivity contribution in [3.8, 4) is 0 Å². The first kappa shape index (κ1) is 17.2. The van der Waals surface area contributed by atoms with Crippen LogP contribution in [0.4, 0.5) is 0 Å². The Kier molecular flexibility index (Phi) is 6.10. The predicted octanol–water partition coefficient (Wildman–Crippen LogP) is 2.95. The van der Waals surface area contributed by atoms with E-state index in [0.717, 1.165) is 24.4 Å². The monoisotopic (exact) mass is 295 g/mol. The maximum atomic E-state index is 6.31. The van der Waals surface area contributed by atoms with Crippen molar-refractivity contribution in [1.29, 1.82) is 0 Å². The lowest BCUT2D eigenvalue weighted by molar-refractivity contribution is 0.0374. The minimum absolute atomic E-state index is 0.301. The molecule has 2 aliphatic rings. The number of rotatable bonds is 6. The lowest BCUT2D eigenvalue weighted by atomic mass is 9.71. The molecule has 1 aliphatic heterocycles. The molecule has 0 spiro atoms. The summed E-state index contributed by atoms with van der Waals surface area (Å²) in [7, 11) is 0. The first-order valence-electron chi connectivity index (χ1n) is 9.25. The predicted molar refractivity (Wildman–Crippen MR) is 91.5 cm³/mol. The fraction of sp³-hybridized carbons (Fsp3) is 1.00. The summed E-state index contributed by atoms with van der Waals surface area (Å²) in [5.74, 6) is 1.67. The largest absolute Gasteiger partial charge is 0.329 e. The molecule has 1 heterocycles. The maximum absolute atomic E-state index is 6.31. The molecule has 1 aliphatic carbocycles. The molecule has 3 atom stereocenters. The Hall–Kier alpha value is -0.120. The number of nitrogens with two attached hydrogens (primary N) is 1. The van der Waals surface area contributed by atoms with E-state index in [1.165, 1.54) is 58.3 Å². The molecule has 3 unspecified atom stereocenters. The summed E-state index contributed by atoms with van der Waals surface area (Å²) in [6.07, 6.45) is 6.75. The molecule has 0 bridgehead atoms. The molecule has 1 saturated heterocycles. The van der Waals surface area contributed by atoms with Crippen molar-refractivity contribution in [2.75, 3.05) is 32.7 Å². The van der Waals surface area contributed by atoms with E-state index in [9.17, 15) is 0 Å². The molecule has 0 aromatic heterocycles. The van der Waals surface area contributed by atoms with Gasteiger partial charge in [0.25, 0.3) is 0 Å². The molecule has 21 heavy (non-hydrogen) atoms. The Morgan fingerprint density at radius 2 is 1.95 bits per heavy atom. The van der Waals surface area contributed by atoms with Crippen molar-refractivity contribution in [2.24, 2.45) is 17.6 Å². The van der Waals surface area contributed by atoms with Crippen LogP contribution in [0.1, 0.15) is 59.8 Å². The van der Waals surface area contributed by atoms with Crippen LogP contribution in [0.2, 0.25) is 0 Å². The Labute approximate surface area is 132 Å². The Morgan fingerprint density at radius 1 is 1.24 bits per heavy atom. The second-order valence-corrected chi connectivity index (χ2v) is 7.64. The van der Waals surface area contributed by atoms with Crippen LogP contribution in [0.5, 0.6) is 0 Å². The zero-order valence-electron chi connectivity index (χ0n) is 14.8. The molecule has 3 heteroatoms. The highest BCUT2D eigenvalue weighted by molar-refractivity contribution is 5.01. The second-order valence-electron chi connectivity index (χ2n) is 7.64. The normalized spacial score (nSPS) is 35.0. The van der Waals surface area contributed by atoms with Crippen LogP contribution in [0, 0.1) is 11.8 Å². The van der Waals surface area contributed by atoms with E-state index in [1.807, 2.05) is 0 Å². The van der Waals surface area contributed by atoms with E-state index in [1.54, 1.807) is 0 Å². The highest BCUT2D eigenvalue weighted by Gasteiger charge is 2.44. The van der Waals surface area contributed by atoms with E-state index in [4.69, 9.17) is 5.73 Å². The molecule has 0 amide bonds. The summed E-state index contributed by atoms with van der Waals surface area (Å²) in [5, 5.41) is 0. The van der Waals surface area contributed by atoms with Crippen LogP contribution in [-0.4, -0.2) is 54.1 Å². The van der Waals surface area contributed by atoms with Gasteiger partial charge in [0.15, 0.2) is 0 Å². The molecule has 0 radical (unpaired) electrons. The van der Waals surface area contributed by atoms with Gasteiger partial charge in [-0.2, -0.15) is 0 Å².